The minimum atomic E-state index is 0.124. The number of aryl methyl sites for hydroxylation is 1. The number of hydrogen-bond acceptors (Lipinski definition) is 3. The Kier molecular flexibility index (Phi) is 2.54. The van der Waals surface area contributed by atoms with Gasteiger partial charge in [-0.05, 0) is 18.6 Å². The van der Waals surface area contributed by atoms with Crippen LogP contribution in [0.15, 0.2) is 16.7 Å². The molecular formula is C10H14N2O2. The Labute approximate surface area is 82.7 Å². The summed E-state index contributed by atoms with van der Waals surface area (Å²) in [5.74, 6) is 1.07. The molecule has 1 aromatic heterocycles. The van der Waals surface area contributed by atoms with Crippen molar-refractivity contribution >= 4 is 5.91 Å². The van der Waals surface area contributed by atoms with Gasteiger partial charge in [0, 0.05) is 19.0 Å². The van der Waals surface area contributed by atoms with Crippen molar-refractivity contribution in [3.8, 4) is 0 Å². The summed E-state index contributed by atoms with van der Waals surface area (Å²) in [6.07, 6.45) is 2.25. The second-order valence-corrected chi connectivity index (χ2v) is 3.61. The predicted octanol–water partition coefficient (Wildman–Crippen LogP) is 0.566. The van der Waals surface area contributed by atoms with Gasteiger partial charge in [0.1, 0.15) is 5.76 Å². The SMILES string of the molecule is Cc1ccoc1CNC1CNC(=O)C1. The number of hydrogen-bond donors (Lipinski definition) is 2. The van der Waals surface area contributed by atoms with Crippen molar-refractivity contribution in [1.29, 1.82) is 0 Å². The van der Waals surface area contributed by atoms with Gasteiger partial charge in [0.15, 0.2) is 0 Å². The van der Waals surface area contributed by atoms with Crippen LogP contribution in [0.25, 0.3) is 0 Å². The standard InChI is InChI=1S/C10H14N2O2/c1-7-2-3-14-9(7)6-11-8-4-10(13)12-5-8/h2-3,8,11H,4-6H2,1H3,(H,12,13). The van der Waals surface area contributed by atoms with Crippen LogP contribution in [0, 0.1) is 6.92 Å². The molecule has 1 fully saturated rings. The predicted molar refractivity (Wildman–Crippen MR) is 51.7 cm³/mol. The zero-order valence-electron chi connectivity index (χ0n) is 8.17. The Morgan fingerprint density at radius 2 is 2.57 bits per heavy atom. The molecule has 0 aromatic carbocycles. The third-order valence-electron chi connectivity index (χ3n) is 2.50. The van der Waals surface area contributed by atoms with E-state index in [1.165, 1.54) is 0 Å². The van der Waals surface area contributed by atoms with Crippen LogP contribution in [0.2, 0.25) is 0 Å². The average molecular weight is 194 g/mol. The van der Waals surface area contributed by atoms with Gasteiger partial charge in [-0.1, -0.05) is 0 Å². The third kappa shape index (κ3) is 1.96. The zero-order chi connectivity index (χ0) is 9.97. The highest BCUT2D eigenvalue weighted by Crippen LogP contribution is 2.09. The number of rotatable bonds is 3. The number of nitrogens with one attached hydrogen (secondary N) is 2. The summed E-state index contributed by atoms with van der Waals surface area (Å²) in [5, 5.41) is 6.06. The monoisotopic (exact) mass is 194 g/mol. The van der Waals surface area contributed by atoms with Crippen LogP contribution in [0.4, 0.5) is 0 Å². The smallest absolute Gasteiger partial charge is 0.221 e. The maximum absolute atomic E-state index is 10.9. The van der Waals surface area contributed by atoms with Gasteiger partial charge in [-0.3, -0.25) is 4.79 Å². The van der Waals surface area contributed by atoms with Crippen LogP contribution in [-0.2, 0) is 11.3 Å². The summed E-state index contributed by atoms with van der Waals surface area (Å²) in [6, 6.07) is 2.18. The van der Waals surface area contributed by atoms with Gasteiger partial charge in [0.05, 0.1) is 12.8 Å². The van der Waals surface area contributed by atoms with Crippen LogP contribution >= 0.6 is 0 Å². The van der Waals surface area contributed by atoms with Crippen LogP contribution < -0.4 is 10.6 Å². The molecule has 0 spiro atoms. The van der Waals surface area contributed by atoms with Crippen molar-refractivity contribution in [2.45, 2.75) is 25.9 Å². The van der Waals surface area contributed by atoms with E-state index in [-0.39, 0.29) is 11.9 Å². The molecule has 0 aliphatic carbocycles. The van der Waals surface area contributed by atoms with E-state index in [4.69, 9.17) is 4.42 Å². The van der Waals surface area contributed by atoms with E-state index in [2.05, 4.69) is 10.6 Å². The van der Waals surface area contributed by atoms with E-state index in [0.717, 1.165) is 17.9 Å². The number of carbonyl (C=O) groups is 1. The fourth-order valence-electron chi connectivity index (χ4n) is 1.57. The first-order chi connectivity index (χ1) is 6.75. The lowest BCUT2D eigenvalue weighted by atomic mass is 10.2. The van der Waals surface area contributed by atoms with Crippen molar-refractivity contribution < 1.29 is 9.21 Å². The molecule has 14 heavy (non-hydrogen) atoms. The highest BCUT2D eigenvalue weighted by molar-refractivity contribution is 5.78. The first kappa shape index (κ1) is 9.27. The van der Waals surface area contributed by atoms with E-state index >= 15 is 0 Å². The first-order valence-electron chi connectivity index (χ1n) is 4.79. The lowest BCUT2D eigenvalue weighted by Crippen LogP contribution is -2.30. The van der Waals surface area contributed by atoms with E-state index in [1.807, 2.05) is 13.0 Å². The van der Waals surface area contributed by atoms with Crippen molar-refractivity contribution in [3.63, 3.8) is 0 Å². The third-order valence-corrected chi connectivity index (χ3v) is 2.50. The number of amides is 1. The summed E-state index contributed by atoms with van der Waals surface area (Å²) in [7, 11) is 0. The fraction of sp³-hybridized carbons (Fsp3) is 0.500. The molecule has 0 saturated carbocycles. The summed E-state index contributed by atoms with van der Waals surface area (Å²) < 4.78 is 5.28. The van der Waals surface area contributed by atoms with Gasteiger partial charge in [-0.2, -0.15) is 0 Å². The van der Waals surface area contributed by atoms with E-state index < -0.39 is 0 Å². The topological polar surface area (TPSA) is 54.3 Å². The van der Waals surface area contributed by atoms with Crippen LogP contribution in [-0.4, -0.2) is 18.5 Å². The van der Waals surface area contributed by atoms with Gasteiger partial charge in [-0.15, -0.1) is 0 Å². The Morgan fingerprint density at radius 3 is 3.14 bits per heavy atom. The average Bonchev–Trinajstić information content (AvgIpc) is 2.72. The Morgan fingerprint density at radius 1 is 1.71 bits per heavy atom. The van der Waals surface area contributed by atoms with Crippen molar-refractivity contribution in [3.05, 3.63) is 23.7 Å². The largest absolute Gasteiger partial charge is 0.468 e. The molecule has 1 atom stereocenters. The molecule has 1 saturated heterocycles. The van der Waals surface area contributed by atoms with Gasteiger partial charge in [0.2, 0.25) is 5.91 Å². The molecule has 4 heteroatoms. The highest BCUT2D eigenvalue weighted by atomic mass is 16.3. The zero-order valence-corrected chi connectivity index (χ0v) is 8.17. The Hall–Kier alpha value is -1.29. The molecule has 0 radical (unpaired) electrons. The molecule has 2 N–H and O–H groups in total. The van der Waals surface area contributed by atoms with Gasteiger partial charge < -0.3 is 15.1 Å². The molecule has 76 valence electrons. The molecule has 1 amide bonds. The Balaban J connectivity index is 1.83. The van der Waals surface area contributed by atoms with E-state index in [9.17, 15) is 4.79 Å². The van der Waals surface area contributed by atoms with Gasteiger partial charge in [0.25, 0.3) is 0 Å². The lowest BCUT2D eigenvalue weighted by Gasteiger charge is -2.08. The van der Waals surface area contributed by atoms with Crippen molar-refractivity contribution in [1.82, 2.24) is 10.6 Å². The van der Waals surface area contributed by atoms with Gasteiger partial charge >= 0.3 is 0 Å². The molecule has 0 bridgehead atoms. The Bertz CT molecular complexity index is 333. The number of carbonyl (C=O) groups excluding carboxylic acids is 1. The van der Waals surface area contributed by atoms with Crippen molar-refractivity contribution in [2.75, 3.05) is 6.54 Å². The molecule has 1 aliphatic heterocycles. The quantitative estimate of drug-likeness (QED) is 0.739. The summed E-state index contributed by atoms with van der Waals surface area (Å²) in [5.41, 5.74) is 1.15. The second-order valence-electron chi connectivity index (χ2n) is 3.61. The highest BCUT2D eigenvalue weighted by Gasteiger charge is 2.20. The molecule has 2 rings (SSSR count). The number of furan rings is 1. The summed E-state index contributed by atoms with van der Waals surface area (Å²) in [4.78, 5) is 10.9. The maximum atomic E-state index is 10.9. The van der Waals surface area contributed by atoms with Crippen LogP contribution in [0.3, 0.4) is 0 Å². The minimum Gasteiger partial charge on any atom is -0.468 e. The molecule has 4 nitrogen and oxygen atoms in total. The van der Waals surface area contributed by atoms with Crippen molar-refractivity contribution in [2.24, 2.45) is 0 Å². The van der Waals surface area contributed by atoms with Gasteiger partial charge in [-0.25, -0.2) is 0 Å². The van der Waals surface area contributed by atoms with E-state index in [0.29, 0.717) is 13.0 Å². The molecule has 1 aliphatic rings. The first-order valence-corrected chi connectivity index (χ1v) is 4.79. The molecular weight excluding hydrogens is 180 g/mol. The fourth-order valence-corrected chi connectivity index (χ4v) is 1.57. The summed E-state index contributed by atoms with van der Waals surface area (Å²) >= 11 is 0. The lowest BCUT2D eigenvalue weighted by molar-refractivity contribution is -0.119. The normalized spacial score (nSPS) is 21.2. The van der Waals surface area contributed by atoms with Crippen LogP contribution in [0.5, 0.6) is 0 Å². The summed E-state index contributed by atoms with van der Waals surface area (Å²) in [6.45, 7) is 3.43. The molecule has 2 heterocycles. The minimum absolute atomic E-state index is 0.124. The van der Waals surface area contributed by atoms with Crippen LogP contribution in [0.1, 0.15) is 17.7 Å². The molecule has 1 unspecified atom stereocenters. The maximum Gasteiger partial charge on any atom is 0.221 e. The van der Waals surface area contributed by atoms with E-state index in [1.54, 1.807) is 6.26 Å². The molecule has 1 aromatic rings. The second kappa shape index (κ2) is 3.84.